The minimum atomic E-state index is -0.201. The third kappa shape index (κ3) is 2.80. The van der Waals surface area contributed by atoms with E-state index in [2.05, 4.69) is 20.8 Å². The molecule has 1 amide bonds. The van der Waals surface area contributed by atoms with Gasteiger partial charge in [-0.15, -0.1) is 10.2 Å². The van der Waals surface area contributed by atoms with Crippen molar-refractivity contribution in [1.82, 2.24) is 15.5 Å². The predicted octanol–water partition coefficient (Wildman–Crippen LogP) is 2.21. The first-order valence-corrected chi connectivity index (χ1v) is 7.08. The van der Waals surface area contributed by atoms with Crippen LogP contribution < -0.4 is 10.6 Å². The second-order valence-electron chi connectivity index (χ2n) is 4.41. The van der Waals surface area contributed by atoms with E-state index in [4.69, 9.17) is 0 Å². The van der Waals surface area contributed by atoms with Gasteiger partial charge < -0.3 is 10.6 Å². The van der Waals surface area contributed by atoms with E-state index < -0.39 is 0 Å². The van der Waals surface area contributed by atoms with Gasteiger partial charge >= 0.3 is 0 Å². The van der Waals surface area contributed by atoms with Gasteiger partial charge in [-0.05, 0) is 31.5 Å². The van der Waals surface area contributed by atoms with Crippen molar-refractivity contribution in [2.24, 2.45) is 0 Å². The average Bonchev–Trinajstić information content (AvgIpc) is 3.11. The summed E-state index contributed by atoms with van der Waals surface area (Å²) in [6, 6.07) is 9.62. The molecule has 2 aromatic rings. The monoisotopic (exact) mass is 274 g/mol. The van der Waals surface area contributed by atoms with Crippen LogP contribution in [0.3, 0.4) is 0 Å². The maximum Gasteiger partial charge on any atom is 0.286 e. The van der Waals surface area contributed by atoms with Crippen LogP contribution in [0.15, 0.2) is 30.3 Å². The molecule has 98 valence electrons. The zero-order chi connectivity index (χ0) is 13.1. The standard InChI is InChI=1S/C13H14N4OS/c18-11(15-9-5-2-1-3-6-9)13-17-16-12(19-13)10-7-4-8-14-10/h1-3,5-6,10,14H,4,7-8H2,(H,15,18)/t10-/m1/s1. The predicted molar refractivity (Wildman–Crippen MR) is 74.3 cm³/mol. The van der Waals surface area contributed by atoms with Gasteiger partial charge in [0, 0.05) is 5.69 Å². The van der Waals surface area contributed by atoms with Crippen LogP contribution in [0.2, 0.25) is 0 Å². The topological polar surface area (TPSA) is 66.9 Å². The number of anilines is 1. The van der Waals surface area contributed by atoms with Gasteiger partial charge in [-0.2, -0.15) is 0 Å². The second-order valence-corrected chi connectivity index (χ2v) is 5.42. The van der Waals surface area contributed by atoms with Crippen molar-refractivity contribution in [3.8, 4) is 0 Å². The second kappa shape index (κ2) is 5.46. The van der Waals surface area contributed by atoms with Crippen LogP contribution in [0.4, 0.5) is 5.69 Å². The number of para-hydroxylation sites is 1. The van der Waals surface area contributed by atoms with E-state index in [0.717, 1.165) is 30.1 Å². The maximum absolute atomic E-state index is 12.0. The molecule has 0 aliphatic carbocycles. The summed E-state index contributed by atoms with van der Waals surface area (Å²) in [7, 11) is 0. The molecule has 1 aliphatic heterocycles. The summed E-state index contributed by atoms with van der Waals surface area (Å²) in [6.45, 7) is 1.01. The number of nitrogens with zero attached hydrogens (tertiary/aromatic N) is 2. The molecule has 2 N–H and O–H groups in total. The van der Waals surface area contributed by atoms with Crippen LogP contribution in [-0.4, -0.2) is 22.6 Å². The summed E-state index contributed by atoms with van der Waals surface area (Å²) < 4.78 is 0. The molecular weight excluding hydrogens is 260 g/mol. The molecule has 2 heterocycles. The van der Waals surface area contributed by atoms with E-state index in [1.807, 2.05) is 30.3 Å². The van der Waals surface area contributed by atoms with Gasteiger partial charge in [-0.1, -0.05) is 29.5 Å². The number of rotatable bonds is 3. The number of carbonyl (C=O) groups excluding carboxylic acids is 1. The Bertz CT molecular complexity index is 563. The van der Waals surface area contributed by atoms with E-state index >= 15 is 0 Å². The van der Waals surface area contributed by atoms with Gasteiger partial charge in [-0.25, -0.2) is 0 Å². The zero-order valence-corrected chi connectivity index (χ0v) is 11.1. The minimum absolute atomic E-state index is 0.201. The SMILES string of the molecule is O=C(Nc1ccccc1)c1nnc([C@H]2CCCN2)s1. The number of hydrogen-bond donors (Lipinski definition) is 2. The first kappa shape index (κ1) is 12.3. The Morgan fingerprint density at radius 2 is 2.16 bits per heavy atom. The van der Waals surface area contributed by atoms with E-state index in [1.165, 1.54) is 11.3 Å². The first-order chi connectivity index (χ1) is 9.33. The number of hydrogen-bond acceptors (Lipinski definition) is 5. The molecule has 0 unspecified atom stereocenters. The van der Waals surface area contributed by atoms with Gasteiger partial charge in [0.15, 0.2) is 0 Å². The van der Waals surface area contributed by atoms with E-state index in [0.29, 0.717) is 5.01 Å². The molecule has 5 nitrogen and oxygen atoms in total. The van der Waals surface area contributed by atoms with Crippen LogP contribution in [-0.2, 0) is 0 Å². The molecule has 1 atom stereocenters. The highest BCUT2D eigenvalue weighted by Gasteiger charge is 2.22. The van der Waals surface area contributed by atoms with Crippen molar-refractivity contribution in [1.29, 1.82) is 0 Å². The minimum Gasteiger partial charge on any atom is -0.320 e. The summed E-state index contributed by atoms with van der Waals surface area (Å²) >= 11 is 1.36. The normalized spacial score (nSPS) is 18.4. The van der Waals surface area contributed by atoms with Crippen LogP contribution in [0.1, 0.15) is 33.7 Å². The molecule has 1 aromatic heterocycles. The lowest BCUT2D eigenvalue weighted by molar-refractivity contribution is 0.102. The Labute approximate surface area is 115 Å². The number of benzene rings is 1. The summed E-state index contributed by atoms with van der Waals surface area (Å²) in [4.78, 5) is 12.0. The molecular formula is C13H14N4OS. The number of carbonyl (C=O) groups is 1. The number of aromatic nitrogens is 2. The Balaban J connectivity index is 1.70. The number of amides is 1. The zero-order valence-electron chi connectivity index (χ0n) is 10.3. The molecule has 0 spiro atoms. The Morgan fingerprint density at radius 1 is 1.32 bits per heavy atom. The summed E-state index contributed by atoms with van der Waals surface area (Å²) in [5.41, 5.74) is 0.767. The molecule has 6 heteroatoms. The van der Waals surface area contributed by atoms with E-state index in [9.17, 15) is 4.79 Å². The van der Waals surface area contributed by atoms with E-state index in [1.54, 1.807) is 0 Å². The van der Waals surface area contributed by atoms with Crippen LogP contribution >= 0.6 is 11.3 Å². The fourth-order valence-electron chi connectivity index (χ4n) is 2.07. The molecule has 1 aliphatic rings. The van der Waals surface area contributed by atoms with Crippen molar-refractivity contribution < 1.29 is 4.79 Å². The Kier molecular flexibility index (Phi) is 3.52. The molecule has 0 saturated carbocycles. The molecule has 0 radical (unpaired) electrons. The molecule has 1 saturated heterocycles. The molecule has 1 aromatic carbocycles. The highest BCUT2D eigenvalue weighted by molar-refractivity contribution is 7.13. The van der Waals surface area contributed by atoms with E-state index in [-0.39, 0.29) is 11.9 Å². The van der Waals surface area contributed by atoms with Crippen molar-refractivity contribution in [2.45, 2.75) is 18.9 Å². The molecule has 1 fully saturated rings. The fraction of sp³-hybridized carbons (Fsp3) is 0.308. The smallest absolute Gasteiger partial charge is 0.286 e. The lowest BCUT2D eigenvalue weighted by atomic mass is 10.2. The third-order valence-corrected chi connectivity index (χ3v) is 4.06. The van der Waals surface area contributed by atoms with Crippen LogP contribution in [0, 0.1) is 0 Å². The van der Waals surface area contributed by atoms with Crippen LogP contribution in [0.5, 0.6) is 0 Å². The quantitative estimate of drug-likeness (QED) is 0.900. The van der Waals surface area contributed by atoms with Gasteiger partial charge in [0.1, 0.15) is 5.01 Å². The van der Waals surface area contributed by atoms with Crippen molar-refractivity contribution >= 4 is 22.9 Å². The Hall–Kier alpha value is -1.79. The Morgan fingerprint density at radius 3 is 2.89 bits per heavy atom. The molecule has 19 heavy (non-hydrogen) atoms. The number of nitrogens with one attached hydrogen (secondary N) is 2. The highest BCUT2D eigenvalue weighted by Crippen LogP contribution is 2.25. The average molecular weight is 274 g/mol. The maximum atomic E-state index is 12.0. The van der Waals surface area contributed by atoms with Crippen LogP contribution in [0.25, 0.3) is 0 Å². The molecule has 0 bridgehead atoms. The first-order valence-electron chi connectivity index (χ1n) is 6.26. The summed E-state index contributed by atoms with van der Waals surface area (Å²) in [6.07, 6.45) is 2.21. The lowest BCUT2D eigenvalue weighted by Crippen LogP contribution is -2.12. The lowest BCUT2D eigenvalue weighted by Gasteiger charge is -2.03. The molecule has 3 rings (SSSR count). The third-order valence-electron chi connectivity index (χ3n) is 3.02. The largest absolute Gasteiger partial charge is 0.320 e. The highest BCUT2D eigenvalue weighted by atomic mass is 32.1. The van der Waals surface area contributed by atoms with Gasteiger partial charge in [0.2, 0.25) is 5.01 Å². The van der Waals surface area contributed by atoms with Crippen molar-refractivity contribution in [2.75, 3.05) is 11.9 Å². The summed E-state index contributed by atoms with van der Waals surface area (Å²) in [5, 5.41) is 15.5. The van der Waals surface area contributed by atoms with Gasteiger partial charge in [-0.3, -0.25) is 4.79 Å². The summed E-state index contributed by atoms with van der Waals surface area (Å²) in [5.74, 6) is -0.201. The van der Waals surface area contributed by atoms with Gasteiger partial charge in [0.25, 0.3) is 5.91 Å². The fourth-order valence-corrected chi connectivity index (χ4v) is 2.92. The van der Waals surface area contributed by atoms with Crippen molar-refractivity contribution in [3.63, 3.8) is 0 Å². The van der Waals surface area contributed by atoms with Gasteiger partial charge in [0.05, 0.1) is 6.04 Å². The van der Waals surface area contributed by atoms with Crippen molar-refractivity contribution in [3.05, 3.63) is 40.3 Å².